The van der Waals surface area contributed by atoms with Crippen molar-refractivity contribution in [2.45, 2.75) is 0 Å². The summed E-state index contributed by atoms with van der Waals surface area (Å²) in [7, 11) is 1.19. The summed E-state index contributed by atoms with van der Waals surface area (Å²) in [6.45, 7) is 0. The number of rotatable bonds is 2. The maximum atomic E-state index is 10.9. The van der Waals surface area contributed by atoms with Gasteiger partial charge in [0.25, 0.3) is 0 Å². The van der Waals surface area contributed by atoms with E-state index >= 15 is 0 Å². The molecule has 0 aliphatic rings. The summed E-state index contributed by atoms with van der Waals surface area (Å²) in [5.41, 5.74) is -0.171. The van der Waals surface area contributed by atoms with Crippen LogP contribution in [0, 0.1) is 5.41 Å². The number of carbonyl (C=O) groups excluding carboxylic acids is 1. The molecule has 0 saturated heterocycles. The summed E-state index contributed by atoms with van der Waals surface area (Å²) in [5, 5.41) is 16.6. The highest BCUT2D eigenvalue weighted by atomic mass is 16.5. The van der Waals surface area contributed by atoms with Gasteiger partial charge >= 0.3 is 5.97 Å². The highest BCUT2D eigenvalue weighted by Gasteiger charge is 2.14. The maximum Gasteiger partial charge on any atom is 0.356 e. The normalized spacial score (nSPS) is 9.31. The first-order valence-electron chi connectivity index (χ1n) is 3.62. The van der Waals surface area contributed by atoms with E-state index < -0.39 is 5.97 Å². The number of benzene rings is 1. The molecule has 1 aromatic rings. The van der Waals surface area contributed by atoms with Gasteiger partial charge in [-0.25, -0.2) is 4.79 Å². The smallest absolute Gasteiger partial charge is 0.356 e. The van der Waals surface area contributed by atoms with Crippen molar-refractivity contribution in [1.82, 2.24) is 0 Å². The van der Waals surface area contributed by atoms with E-state index in [9.17, 15) is 9.90 Å². The van der Waals surface area contributed by atoms with Crippen LogP contribution in [0.2, 0.25) is 0 Å². The van der Waals surface area contributed by atoms with Gasteiger partial charge in [-0.1, -0.05) is 12.1 Å². The molecule has 0 radical (unpaired) electrons. The van der Waals surface area contributed by atoms with Crippen molar-refractivity contribution >= 4 is 11.7 Å². The fourth-order valence-corrected chi connectivity index (χ4v) is 0.897. The molecular formula is C9H9NO3. The third-order valence-corrected chi connectivity index (χ3v) is 1.56. The third-order valence-electron chi connectivity index (χ3n) is 1.56. The Labute approximate surface area is 75.3 Å². The molecule has 0 aromatic heterocycles. The van der Waals surface area contributed by atoms with E-state index in [0.717, 1.165) is 0 Å². The number of hydrogen-bond donors (Lipinski definition) is 2. The minimum Gasteiger partial charge on any atom is -0.507 e. The topological polar surface area (TPSA) is 70.4 Å². The van der Waals surface area contributed by atoms with Gasteiger partial charge in [0.1, 0.15) is 5.75 Å². The molecule has 0 saturated carbocycles. The van der Waals surface area contributed by atoms with Crippen molar-refractivity contribution < 1.29 is 14.6 Å². The van der Waals surface area contributed by atoms with Gasteiger partial charge in [0.05, 0.1) is 7.11 Å². The van der Waals surface area contributed by atoms with E-state index in [1.807, 2.05) is 0 Å². The molecule has 0 amide bonds. The second-order valence-corrected chi connectivity index (χ2v) is 2.38. The number of hydrogen-bond acceptors (Lipinski definition) is 4. The fraction of sp³-hybridized carbons (Fsp3) is 0.111. The first-order valence-corrected chi connectivity index (χ1v) is 3.62. The van der Waals surface area contributed by atoms with Crippen molar-refractivity contribution in [2.24, 2.45) is 0 Å². The quantitative estimate of drug-likeness (QED) is 0.524. The maximum absolute atomic E-state index is 10.9. The average molecular weight is 179 g/mol. The highest BCUT2D eigenvalue weighted by Crippen LogP contribution is 2.16. The number of nitrogens with one attached hydrogen (secondary N) is 1. The number of para-hydroxylation sites is 1. The Bertz CT molecular complexity index is 346. The molecule has 2 N–H and O–H groups in total. The van der Waals surface area contributed by atoms with Crippen molar-refractivity contribution in [3.8, 4) is 5.75 Å². The third kappa shape index (κ3) is 1.84. The van der Waals surface area contributed by atoms with Crippen LogP contribution in [-0.2, 0) is 9.53 Å². The van der Waals surface area contributed by atoms with Crippen LogP contribution in [0.1, 0.15) is 5.56 Å². The Kier molecular flexibility index (Phi) is 2.64. The van der Waals surface area contributed by atoms with Crippen LogP contribution in [0.4, 0.5) is 0 Å². The second-order valence-electron chi connectivity index (χ2n) is 2.38. The SMILES string of the molecule is COC(=O)C(=N)c1ccccc1O. The Hall–Kier alpha value is -1.84. The van der Waals surface area contributed by atoms with Crippen molar-refractivity contribution in [2.75, 3.05) is 7.11 Å². The molecule has 0 spiro atoms. The highest BCUT2D eigenvalue weighted by molar-refractivity contribution is 6.42. The van der Waals surface area contributed by atoms with E-state index in [1.165, 1.54) is 19.2 Å². The largest absolute Gasteiger partial charge is 0.507 e. The molecule has 13 heavy (non-hydrogen) atoms. The van der Waals surface area contributed by atoms with Gasteiger partial charge in [0.15, 0.2) is 5.71 Å². The average Bonchev–Trinajstić information content (AvgIpc) is 2.16. The molecule has 4 nitrogen and oxygen atoms in total. The molecule has 0 fully saturated rings. The number of esters is 1. The number of carbonyl (C=O) groups is 1. The monoisotopic (exact) mass is 179 g/mol. The molecule has 0 atom stereocenters. The van der Waals surface area contributed by atoms with E-state index in [4.69, 9.17) is 5.41 Å². The van der Waals surface area contributed by atoms with E-state index in [-0.39, 0.29) is 17.0 Å². The minimum atomic E-state index is -0.762. The van der Waals surface area contributed by atoms with Crippen LogP contribution in [0.15, 0.2) is 24.3 Å². The van der Waals surface area contributed by atoms with Gasteiger partial charge in [-0.3, -0.25) is 5.41 Å². The van der Waals surface area contributed by atoms with Crippen molar-refractivity contribution in [1.29, 1.82) is 5.41 Å². The zero-order chi connectivity index (χ0) is 9.84. The van der Waals surface area contributed by atoms with Crippen LogP contribution in [-0.4, -0.2) is 23.9 Å². The van der Waals surface area contributed by atoms with Crippen LogP contribution in [0.5, 0.6) is 5.75 Å². The summed E-state index contributed by atoms with van der Waals surface area (Å²) in [5.74, 6) is -0.862. The lowest BCUT2D eigenvalue weighted by Crippen LogP contribution is -2.15. The van der Waals surface area contributed by atoms with Crippen LogP contribution >= 0.6 is 0 Å². The fourth-order valence-electron chi connectivity index (χ4n) is 0.897. The zero-order valence-electron chi connectivity index (χ0n) is 7.07. The van der Waals surface area contributed by atoms with Gasteiger partial charge in [-0.15, -0.1) is 0 Å². The first-order chi connectivity index (χ1) is 6.16. The molecule has 0 aliphatic heterocycles. The Morgan fingerprint density at radius 1 is 1.46 bits per heavy atom. The van der Waals surface area contributed by atoms with E-state index in [2.05, 4.69) is 4.74 Å². The second kappa shape index (κ2) is 3.71. The van der Waals surface area contributed by atoms with Crippen LogP contribution in [0.3, 0.4) is 0 Å². The molecular weight excluding hydrogens is 170 g/mol. The van der Waals surface area contributed by atoms with Gasteiger partial charge in [0, 0.05) is 5.56 Å². The lowest BCUT2D eigenvalue weighted by molar-refractivity contribution is -0.132. The number of aromatic hydroxyl groups is 1. The molecule has 4 heteroatoms. The summed E-state index contributed by atoms with van der Waals surface area (Å²) < 4.78 is 4.35. The van der Waals surface area contributed by atoms with Crippen LogP contribution < -0.4 is 0 Å². The van der Waals surface area contributed by atoms with Gasteiger partial charge < -0.3 is 9.84 Å². The number of methoxy groups -OCH3 is 1. The Balaban J connectivity index is 3.02. The first kappa shape index (κ1) is 9.25. The molecule has 1 rings (SSSR count). The zero-order valence-corrected chi connectivity index (χ0v) is 7.07. The molecule has 0 bridgehead atoms. The van der Waals surface area contributed by atoms with Crippen molar-refractivity contribution in [3.05, 3.63) is 29.8 Å². The Morgan fingerprint density at radius 2 is 2.08 bits per heavy atom. The number of phenols is 1. The molecule has 0 heterocycles. The predicted molar refractivity (Wildman–Crippen MR) is 47.0 cm³/mol. The Morgan fingerprint density at radius 3 is 2.62 bits per heavy atom. The van der Waals surface area contributed by atoms with Gasteiger partial charge in [0.2, 0.25) is 0 Å². The summed E-state index contributed by atoms with van der Waals surface area (Å²) in [4.78, 5) is 10.9. The number of ether oxygens (including phenoxy) is 1. The standard InChI is InChI=1S/C9H9NO3/c1-13-9(12)8(10)6-4-2-3-5-7(6)11/h2-5,10-11H,1H3. The molecule has 0 unspecified atom stereocenters. The van der Waals surface area contributed by atoms with Gasteiger partial charge in [-0.05, 0) is 12.1 Å². The van der Waals surface area contributed by atoms with E-state index in [1.54, 1.807) is 12.1 Å². The summed E-state index contributed by atoms with van der Waals surface area (Å²) >= 11 is 0. The summed E-state index contributed by atoms with van der Waals surface area (Å²) in [6.07, 6.45) is 0. The molecule has 0 aliphatic carbocycles. The number of phenolic OH excluding ortho intramolecular Hbond substituents is 1. The van der Waals surface area contributed by atoms with Crippen molar-refractivity contribution in [3.63, 3.8) is 0 Å². The molecule has 68 valence electrons. The lowest BCUT2D eigenvalue weighted by Gasteiger charge is -2.03. The van der Waals surface area contributed by atoms with Crippen LogP contribution in [0.25, 0.3) is 0 Å². The van der Waals surface area contributed by atoms with E-state index in [0.29, 0.717) is 0 Å². The lowest BCUT2D eigenvalue weighted by atomic mass is 10.1. The predicted octanol–water partition coefficient (Wildman–Crippen LogP) is 0.933. The molecule has 1 aromatic carbocycles. The summed E-state index contributed by atoms with van der Waals surface area (Å²) in [6, 6.07) is 6.14. The minimum absolute atomic E-state index is 0.0992. The van der Waals surface area contributed by atoms with Gasteiger partial charge in [-0.2, -0.15) is 0 Å².